The molecule has 1 unspecified atom stereocenters. The van der Waals surface area contributed by atoms with Crippen LogP contribution in [0.25, 0.3) is 11.4 Å². The van der Waals surface area contributed by atoms with Gasteiger partial charge in [0.05, 0.1) is 0 Å². The summed E-state index contributed by atoms with van der Waals surface area (Å²) in [5.41, 5.74) is 2.50. The Labute approximate surface area is 177 Å². The normalized spacial score (nSPS) is 11.8. The lowest BCUT2D eigenvalue weighted by atomic mass is 10.1. The fourth-order valence-corrected chi connectivity index (χ4v) is 3.81. The van der Waals surface area contributed by atoms with E-state index in [0.29, 0.717) is 16.0 Å². The topological polar surface area (TPSA) is 70.7 Å². The molecule has 0 fully saturated rings. The smallest absolute Gasteiger partial charge is 0.242 e. The standard InChI is InChI=1S/C22H17ClN4OS/c23-17-13-11-16(12-14-17)20-25-22(27-26-20)29-19(15-7-3-1-4-8-15)21(28)24-18-9-5-2-6-10-18/h1-14,19H,(H,24,28)(H,25,26,27). The van der Waals surface area contributed by atoms with Crippen LogP contribution in [0.1, 0.15) is 10.8 Å². The van der Waals surface area contributed by atoms with Crippen molar-refractivity contribution >= 4 is 35.0 Å². The van der Waals surface area contributed by atoms with Gasteiger partial charge in [-0.15, -0.1) is 5.10 Å². The van der Waals surface area contributed by atoms with Crippen LogP contribution in [0.2, 0.25) is 5.02 Å². The molecule has 1 atom stereocenters. The van der Waals surface area contributed by atoms with Gasteiger partial charge in [0.15, 0.2) is 5.82 Å². The van der Waals surface area contributed by atoms with E-state index in [2.05, 4.69) is 20.5 Å². The summed E-state index contributed by atoms with van der Waals surface area (Å²) in [6, 6.07) is 26.3. The van der Waals surface area contributed by atoms with Crippen LogP contribution in [-0.2, 0) is 4.79 Å². The molecule has 144 valence electrons. The molecule has 0 saturated carbocycles. The minimum absolute atomic E-state index is 0.134. The predicted molar refractivity (Wildman–Crippen MR) is 117 cm³/mol. The molecular weight excluding hydrogens is 404 g/mol. The molecule has 4 rings (SSSR count). The number of thioether (sulfide) groups is 1. The second kappa shape index (κ2) is 8.94. The molecule has 0 aliphatic rings. The summed E-state index contributed by atoms with van der Waals surface area (Å²) in [5, 5.41) is 10.8. The van der Waals surface area contributed by atoms with Crippen molar-refractivity contribution in [3.05, 3.63) is 95.5 Å². The Morgan fingerprint density at radius 1 is 0.931 bits per heavy atom. The van der Waals surface area contributed by atoms with Gasteiger partial charge in [-0.2, -0.15) is 0 Å². The lowest BCUT2D eigenvalue weighted by Gasteiger charge is -2.15. The van der Waals surface area contributed by atoms with E-state index in [1.807, 2.05) is 72.8 Å². The Bertz CT molecular complexity index is 1080. The number of hydrogen-bond donors (Lipinski definition) is 2. The van der Waals surface area contributed by atoms with Gasteiger partial charge in [0.2, 0.25) is 11.1 Å². The first kappa shape index (κ1) is 19.2. The number of hydrogen-bond acceptors (Lipinski definition) is 4. The molecule has 1 aromatic heterocycles. The zero-order valence-electron chi connectivity index (χ0n) is 15.2. The number of amides is 1. The number of halogens is 1. The van der Waals surface area contributed by atoms with E-state index in [4.69, 9.17) is 11.6 Å². The second-order valence-corrected chi connectivity index (χ2v) is 7.75. The highest BCUT2D eigenvalue weighted by molar-refractivity contribution is 8.00. The molecule has 0 radical (unpaired) electrons. The summed E-state index contributed by atoms with van der Waals surface area (Å²) in [4.78, 5) is 17.6. The summed E-state index contributed by atoms with van der Waals surface area (Å²) in [7, 11) is 0. The quantitative estimate of drug-likeness (QED) is 0.398. The Hall–Kier alpha value is -3.09. The summed E-state index contributed by atoms with van der Waals surface area (Å²) in [5.74, 6) is 0.490. The van der Waals surface area contributed by atoms with E-state index in [1.54, 1.807) is 12.1 Å². The third-order valence-electron chi connectivity index (χ3n) is 4.19. The lowest BCUT2D eigenvalue weighted by molar-refractivity contribution is -0.115. The summed E-state index contributed by atoms with van der Waals surface area (Å²) in [6.07, 6.45) is 0. The number of para-hydroxylation sites is 1. The number of carbonyl (C=O) groups excluding carboxylic acids is 1. The molecule has 0 saturated heterocycles. The fraction of sp³-hybridized carbons (Fsp3) is 0.0455. The maximum atomic E-state index is 13.0. The first-order chi connectivity index (χ1) is 14.2. The molecule has 29 heavy (non-hydrogen) atoms. The number of rotatable bonds is 6. The van der Waals surface area contributed by atoms with Crippen molar-refractivity contribution in [2.75, 3.05) is 5.32 Å². The number of benzene rings is 3. The monoisotopic (exact) mass is 420 g/mol. The van der Waals surface area contributed by atoms with Crippen molar-refractivity contribution in [3.63, 3.8) is 0 Å². The van der Waals surface area contributed by atoms with Gasteiger partial charge in [0.25, 0.3) is 0 Å². The Morgan fingerprint density at radius 3 is 2.28 bits per heavy atom. The van der Waals surface area contributed by atoms with Gasteiger partial charge in [-0.1, -0.05) is 71.9 Å². The SMILES string of the molecule is O=C(Nc1ccccc1)C(Sc1n[nH]c(-c2ccc(Cl)cc2)n1)c1ccccc1. The molecule has 0 aliphatic heterocycles. The van der Waals surface area contributed by atoms with E-state index in [9.17, 15) is 4.79 Å². The lowest BCUT2D eigenvalue weighted by Crippen LogP contribution is -2.19. The van der Waals surface area contributed by atoms with Gasteiger partial charge in [-0.05, 0) is 42.0 Å². The van der Waals surface area contributed by atoms with Crippen LogP contribution in [0.4, 0.5) is 5.69 Å². The molecule has 0 aliphatic carbocycles. The van der Waals surface area contributed by atoms with Gasteiger partial charge in [-0.3, -0.25) is 9.89 Å². The summed E-state index contributed by atoms with van der Waals surface area (Å²) < 4.78 is 0. The molecule has 7 heteroatoms. The van der Waals surface area contributed by atoms with Crippen LogP contribution in [0.15, 0.2) is 90.1 Å². The number of aromatic nitrogens is 3. The Kier molecular flexibility index (Phi) is 5.93. The average molecular weight is 421 g/mol. The van der Waals surface area contributed by atoms with Gasteiger partial charge < -0.3 is 5.32 Å². The van der Waals surface area contributed by atoms with Crippen LogP contribution in [0.3, 0.4) is 0 Å². The van der Waals surface area contributed by atoms with E-state index in [-0.39, 0.29) is 5.91 Å². The third kappa shape index (κ3) is 4.85. The fourth-order valence-electron chi connectivity index (χ4n) is 2.77. The maximum absolute atomic E-state index is 13.0. The third-order valence-corrected chi connectivity index (χ3v) is 5.55. The van der Waals surface area contributed by atoms with Crippen molar-refractivity contribution in [3.8, 4) is 11.4 Å². The van der Waals surface area contributed by atoms with E-state index >= 15 is 0 Å². The molecule has 1 amide bonds. The minimum atomic E-state index is -0.495. The first-order valence-corrected chi connectivity index (χ1v) is 10.2. The van der Waals surface area contributed by atoms with Crippen molar-refractivity contribution in [2.24, 2.45) is 0 Å². The zero-order chi connectivity index (χ0) is 20.1. The van der Waals surface area contributed by atoms with Crippen LogP contribution in [0, 0.1) is 0 Å². The highest BCUT2D eigenvalue weighted by Gasteiger charge is 2.24. The minimum Gasteiger partial charge on any atom is -0.325 e. The maximum Gasteiger partial charge on any atom is 0.242 e. The summed E-state index contributed by atoms with van der Waals surface area (Å²) in [6.45, 7) is 0. The highest BCUT2D eigenvalue weighted by atomic mass is 35.5. The Balaban J connectivity index is 1.57. The summed E-state index contributed by atoms with van der Waals surface area (Å²) >= 11 is 7.24. The van der Waals surface area contributed by atoms with Crippen molar-refractivity contribution in [2.45, 2.75) is 10.4 Å². The van der Waals surface area contributed by atoms with Gasteiger partial charge in [0.1, 0.15) is 5.25 Å². The van der Waals surface area contributed by atoms with Crippen molar-refractivity contribution in [1.29, 1.82) is 0 Å². The second-order valence-electron chi connectivity index (χ2n) is 6.24. The highest BCUT2D eigenvalue weighted by Crippen LogP contribution is 2.35. The first-order valence-electron chi connectivity index (χ1n) is 8.95. The predicted octanol–water partition coefficient (Wildman–Crippen LogP) is 5.60. The number of nitrogens with zero attached hydrogens (tertiary/aromatic N) is 2. The molecule has 1 heterocycles. The average Bonchev–Trinajstić information content (AvgIpc) is 3.22. The van der Waals surface area contributed by atoms with Crippen LogP contribution in [0.5, 0.6) is 0 Å². The molecule has 4 aromatic rings. The number of nitrogens with one attached hydrogen (secondary N) is 2. The van der Waals surface area contributed by atoms with Gasteiger partial charge >= 0.3 is 0 Å². The molecule has 0 bridgehead atoms. The zero-order valence-corrected chi connectivity index (χ0v) is 16.8. The molecule has 5 nitrogen and oxygen atoms in total. The van der Waals surface area contributed by atoms with Crippen LogP contribution in [-0.4, -0.2) is 21.1 Å². The molecule has 0 spiro atoms. The number of anilines is 1. The van der Waals surface area contributed by atoms with Gasteiger partial charge in [-0.25, -0.2) is 4.98 Å². The molecule has 2 N–H and O–H groups in total. The largest absolute Gasteiger partial charge is 0.325 e. The van der Waals surface area contributed by atoms with Crippen molar-refractivity contribution in [1.82, 2.24) is 15.2 Å². The van der Waals surface area contributed by atoms with Crippen LogP contribution < -0.4 is 5.32 Å². The van der Waals surface area contributed by atoms with Crippen LogP contribution >= 0.6 is 23.4 Å². The van der Waals surface area contributed by atoms with E-state index in [0.717, 1.165) is 16.8 Å². The van der Waals surface area contributed by atoms with E-state index < -0.39 is 5.25 Å². The number of carbonyl (C=O) groups is 1. The molecular formula is C22H17ClN4OS. The number of H-pyrrole nitrogens is 1. The van der Waals surface area contributed by atoms with Gasteiger partial charge in [0, 0.05) is 16.3 Å². The molecule has 3 aromatic carbocycles. The van der Waals surface area contributed by atoms with Crippen molar-refractivity contribution < 1.29 is 4.79 Å². The number of aromatic amines is 1. The Morgan fingerprint density at radius 2 is 1.59 bits per heavy atom. The van der Waals surface area contributed by atoms with E-state index in [1.165, 1.54) is 11.8 Å².